The van der Waals surface area contributed by atoms with Gasteiger partial charge in [0, 0.05) is 12.3 Å². The van der Waals surface area contributed by atoms with Gasteiger partial charge in [-0.3, -0.25) is 0 Å². The molecule has 0 aromatic carbocycles. The van der Waals surface area contributed by atoms with E-state index in [0.717, 1.165) is 0 Å². The highest BCUT2D eigenvalue weighted by Crippen LogP contribution is 2.03. The second-order valence-corrected chi connectivity index (χ2v) is 1.91. The van der Waals surface area contributed by atoms with Crippen LogP contribution in [0, 0.1) is 6.92 Å². The van der Waals surface area contributed by atoms with Gasteiger partial charge in [-0.05, 0) is 6.92 Å². The second kappa shape index (κ2) is 3.37. The van der Waals surface area contributed by atoms with E-state index in [2.05, 4.69) is 9.97 Å². The van der Waals surface area contributed by atoms with Gasteiger partial charge in [0.25, 0.3) is 0 Å². The van der Waals surface area contributed by atoms with Crippen LogP contribution < -0.4 is 4.74 Å². The maximum Gasteiger partial charge on any atom is 0.217 e. The summed E-state index contributed by atoms with van der Waals surface area (Å²) in [7, 11) is 0. The number of nitrogens with zero attached hydrogens (tertiary/aromatic N) is 2. The maximum atomic E-state index is 5.31. The van der Waals surface area contributed by atoms with Crippen molar-refractivity contribution in [1.82, 2.24) is 9.97 Å². The van der Waals surface area contributed by atoms with Crippen LogP contribution in [-0.2, 0) is 0 Å². The van der Waals surface area contributed by atoms with Crippen LogP contribution in [0.25, 0.3) is 0 Å². The smallest absolute Gasteiger partial charge is 0.217 e. The van der Waals surface area contributed by atoms with Crippen LogP contribution in [0.3, 0.4) is 0 Å². The first-order valence-electron chi connectivity index (χ1n) is 2.81. The summed E-state index contributed by atoms with van der Waals surface area (Å²) in [4.78, 5) is 7.83. The van der Waals surface area contributed by atoms with Crippen molar-refractivity contribution in [3.05, 3.63) is 18.1 Å². The lowest BCUT2D eigenvalue weighted by Crippen LogP contribution is -1.94. The largest absolute Gasteiger partial charge is 0.461 e. The Labute approximate surface area is 64.0 Å². The van der Waals surface area contributed by atoms with Crippen LogP contribution in [0.5, 0.6) is 5.88 Å². The first-order valence-corrected chi connectivity index (χ1v) is 3.35. The van der Waals surface area contributed by atoms with Gasteiger partial charge in [-0.15, -0.1) is 0 Å². The monoisotopic (exact) mass is 158 g/mol. The van der Waals surface area contributed by atoms with E-state index in [0.29, 0.717) is 11.7 Å². The number of aryl methyl sites for hydroxylation is 1. The fraction of sp³-hybridized carbons (Fsp3) is 0.333. The molecule has 0 spiro atoms. The molecule has 0 aliphatic carbocycles. The lowest BCUT2D eigenvalue weighted by Gasteiger charge is -1.98. The minimum atomic E-state index is 0.121. The minimum Gasteiger partial charge on any atom is -0.461 e. The summed E-state index contributed by atoms with van der Waals surface area (Å²) in [6, 6.07) is 1.78. The fourth-order valence-electron chi connectivity index (χ4n) is 0.571. The van der Waals surface area contributed by atoms with E-state index in [9.17, 15) is 0 Å². The molecule has 3 nitrogen and oxygen atoms in total. The molecular formula is C6H7ClN2O. The molecule has 0 unspecified atom stereocenters. The summed E-state index contributed by atoms with van der Waals surface area (Å²) in [5.74, 6) is 1.20. The number of halogens is 1. The van der Waals surface area contributed by atoms with E-state index in [1.54, 1.807) is 19.2 Å². The number of aromatic nitrogens is 2. The quantitative estimate of drug-likeness (QED) is 0.610. The van der Waals surface area contributed by atoms with E-state index < -0.39 is 0 Å². The summed E-state index contributed by atoms with van der Waals surface area (Å²) >= 11 is 5.31. The number of alkyl halides is 1. The molecule has 4 heteroatoms. The van der Waals surface area contributed by atoms with Crippen molar-refractivity contribution in [1.29, 1.82) is 0 Å². The molecule has 0 aliphatic rings. The van der Waals surface area contributed by atoms with Gasteiger partial charge in [0.2, 0.25) is 5.88 Å². The Bertz CT molecular complexity index is 217. The van der Waals surface area contributed by atoms with Crippen LogP contribution in [0.4, 0.5) is 0 Å². The Kier molecular flexibility index (Phi) is 2.45. The Balaban J connectivity index is 2.75. The Morgan fingerprint density at radius 3 is 3.10 bits per heavy atom. The zero-order valence-corrected chi connectivity index (χ0v) is 6.30. The standard InChI is InChI=1S/C6H7ClN2O/c1-5-8-3-2-6(9-5)10-4-7/h2-3H,4H2,1H3. The average Bonchev–Trinajstić information content (AvgIpc) is 1.88. The van der Waals surface area contributed by atoms with Crippen molar-refractivity contribution in [2.24, 2.45) is 0 Å². The molecule has 0 N–H and O–H groups in total. The predicted molar refractivity (Wildman–Crippen MR) is 38.1 cm³/mol. The lowest BCUT2D eigenvalue weighted by molar-refractivity contribution is 0.370. The van der Waals surface area contributed by atoms with Crippen molar-refractivity contribution >= 4 is 11.6 Å². The van der Waals surface area contributed by atoms with Gasteiger partial charge in [-0.25, -0.2) is 4.98 Å². The summed E-state index contributed by atoms with van der Waals surface area (Å²) in [6.45, 7) is 1.79. The number of rotatable bonds is 2. The summed E-state index contributed by atoms with van der Waals surface area (Å²) in [6.07, 6.45) is 1.63. The maximum absolute atomic E-state index is 5.31. The average molecular weight is 159 g/mol. The van der Waals surface area contributed by atoms with Crippen LogP contribution in [0.1, 0.15) is 5.82 Å². The second-order valence-electron chi connectivity index (χ2n) is 1.70. The molecule has 1 heterocycles. The minimum absolute atomic E-state index is 0.121. The molecule has 54 valence electrons. The van der Waals surface area contributed by atoms with E-state index in [1.165, 1.54) is 0 Å². The van der Waals surface area contributed by atoms with Crippen molar-refractivity contribution in [2.45, 2.75) is 6.92 Å². The Hall–Kier alpha value is -0.830. The molecule has 0 bridgehead atoms. The van der Waals surface area contributed by atoms with Crippen LogP contribution >= 0.6 is 11.6 Å². The molecule has 0 saturated carbocycles. The molecule has 0 atom stereocenters. The zero-order chi connectivity index (χ0) is 7.40. The van der Waals surface area contributed by atoms with Gasteiger partial charge in [-0.2, -0.15) is 4.98 Å². The van der Waals surface area contributed by atoms with Crippen molar-refractivity contribution in [2.75, 3.05) is 6.07 Å². The van der Waals surface area contributed by atoms with Crippen LogP contribution in [-0.4, -0.2) is 16.0 Å². The summed E-state index contributed by atoms with van der Waals surface area (Å²) in [5, 5.41) is 0. The number of hydrogen-bond donors (Lipinski definition) is 0. The van der Waals surface area contributed by atoms with Gasteiger partial charge in [-0.1, -0.05) is 11.6 Å². The van der Waals surface area contributed by atoms with Crippen molar-refractivity contribution in [3.63, 3.8) is 0 Å². The molecule has 1 aromatic heterocycles. The van der Waals surface area contributed by atoms with Crippen LogP contribution in [0.2, 0.25) is 0 Å². The molecule has 0 radical (unpaired) electrons. The van der Waals surface area contributed by atoms with Crippen molar-refractivity contribution in [3.8, 4) is 5.88 Å². The van der Waals surface area contributed by atoms with Gasteiger partial charge in [0.15, 0.2) is 6.07 Å². The van der Waals surface area contributed by atoms with Crippen LogP contribution in [0.15, 0.2) is 12.3 Å². The molecule has 0 aliphatic heterocycles. The Morgan fingerprint density at radius 1 is 1.70 bits per heavy atom. The summed E-state index contributed by atoms with van der Waals surface area (Å²) < 4.78 is 4.90. The van der Waals surface area contributed by atoms with Gasteiger partial charge >= 0.3 is 0 Å². The van der Waals surface area contributed by atoms with E-state index in [1.807, 2.05) is 0 Å². The van der Waals surface area contributed by atoms with E-state index in [4.69, 9.17) is 16.3 Å². The van der Waals surface area contributed by atoms with Gasteiger partial charge < -0.3 is 4.74 Å². The van der Waals surface area contributed by atoms with Crippen molar-refractivity contribution < 1.29 is 4.74 Å². The molecule has 1 rings (SSSR count). The Morgan fingerprint density at radius 2 is 2.50 bits per heavy atom. The molecule has 10 heavy (non-hydrogen) atoms. The third-order valence-corrected chi connectivity index (χ3v) is 1.06. The molecule has 0 fully saturated rings. The number of ether oxygens (including phenoxy) is 1. The van der Waals surface area contributed by atoms with Gasteiger partial charge in [0.1, 0.15) is 5.82 Å². The predicted octanol–water partition coefficient (Wildman–Crippen LogP) is 1.36. The molecular weight excluding hydrogens is 152 g/mol. The van der Waals surface area contributed by atoms with E-state index in [-0.39, 0.29) is 6.07 Å². The number of hydrogen-bond acceptors (Lipinski definition) is 3. The SMILES string of the molecule is Cc1nccc(OCCl)n1. The third-order valence-electron chi connectivity index (χ3n) is 0.953. The lowest BCUT2D eigenvalue weighted by atomic mass is 10.6. The highest BCUT2D eigenvalue weighted by atomic mass is 35.5. The zero-order valence-electron chi connectivity index (χ0n) is 5.54. The molecule has 1 aromatic rings. The highest BCUT2D eigenvalue weighted by molar-refractivity contribution is 6.17. The van der Waals surface area contributed by atoms with Gasteiger partial charge in [0.05, 0.1) is 0 Å². The first kappa shape index (κ1) is 7.28. The van der Waals surface area contributed by atoms with E-state index >= 15 is 0 Å². The topological polar surface area (TPSA) is 35.0 Å². The first-order chi connectivity index (χ1) is 4.83. The fourth-order valence-corrected chi connectivity index (χ4v) is 0.683. The molecule has 0 saturated heterocycles. The highest BCUT2D eigenvalue weighted by Gasteiger charge is 1.92. The third kappa shape index (κ3) is 1.84. The normalized spacial score (nSPS) is 9.40. The molecule has 0 amide bonds. The summed E-state index contributed by atoms with van der Waals surface area (Å²) in [5.41, 5.74) is 0.